The molecule has 32 heavy (non-hydrogen) atoms. The second-order valence-electron chi connectivity index (χ2n) is 9.50. The van der Waals surface area contributed by atoms with Crippen LogP contribution in [0.5, 0.6) is 0 Å². The number of piperidine rings is 1. The molecule has 2 heterocycles. The summed E-state index contributed by atoms with van der Waals surface area (Å²) in [6.07, 6.45) is 5.50. The molecule has 170 valence electrons. The lowest BCUT2D eigenvalue weighted by molar-refractivity contribution is -0.118. The van der Waals surface area contributed by atoms with E-state index in [0.29, 0.717) is 11.6 Å². The highest BCUT2D eigenvalue weighted by molar-refractivity contribution is 6.02. The van der Waals surface area contributed by atoms with Crippen LogP contribution in [0.2, 0.25) is 0 Å². The average Bonchev–Trinajstić information content (AvgIpc) is 3.35. The molecule has 2 aromatic carbocycles. The fraction of sp³-hybridized carbons (Fsp3) is 0.481. The molecule has 4 rings (SSSR count). The number of amides is 2. The quantitative estimate of drug-likeness (QED) is 0.699. The van der Waals surface area contributed by atoms with E-state index in [0.717, 1.165) is 69.5 Å². The van der Waals surface area contributed by atoms with Crippen molar-refractivity contribution in [3.05, 3.63) is 59.7 Å². The van der Waals surface area contributed by atoms with Crippen LogP contribution in [0.25, 0.3) is 0 Å². The molecule has 0 atom stereocenters. The van der Waals surface area contributed by atoms with Gasteiger partial charge in [0.15, 0.2) is 0 Å². The average molecular weight is 434 g/mol. The Morgan fingerprint density at radius 1 is 0.969 bits per heavy atom. The summed E-state index contributed by atoms with van der Waals surface area (Å²) in [6.45, 7) is 7.30. The van der Waals surface area contributed by atoms with E-state index in [2.05, 4.69) is 40.5 Å². The van der Waals surface area contributed by atoms with Crippen molar-refractivity contribution in [1.82, 2.24) is 4.90 Å². The molecular formula is C27H35N3O2. The summed E-state index contributed by atoms with van der Waals surface area (Å²) < 4.78 is 0. The number of hydrogen-bond donors (Lipinski definition) is 1. The molecule has 2 aliphatic heterocycles. The van der Waals surface area contributed by atoms with Gasteiger partial charge >= 0.3 is 0 Å². The van der Waals surface area contributed by atoms with Gasteiger partial charge in [0.2, 0.25) is 5.91 Å². The van der Waals surface area contributed by atoms with Gasteiger partial charge in [0, 0.05) is 43.5 Å². The maximum atomic E-state index is 13.4. The van der Waals surface area contributed by atoms with Crippen LogP contribution in [0.1, 0.15) is 55.5 Å². The molecule has 0 aliphatic carbocycles. The summed E-state index contributed by atoms with van der Waals surface area (Å²) in [6, 6.07) is 16.6. The molecule has 5 nitrogen and oxygen atoms in total. The Bertz CT molecular complexity index is 927. The second-order valence-corrected chi connectivity index (χ2v) is 9.50. The van der Waals surface area contributed by atoms with Crippen LogP contribution in [-0.2, 0) is 11.2 Å². The van der Waals surface area contributed by atoms with Crippen molar-refractivity contribution in [2.45, 2.75) is 46.0 Å². The maximum absolute atomic E-state index is 13.4. The van der Waals surface area contributed by atoms with Crippen molar-refractivity contribution < 1.29 is 9.59 Å². The van der Waals surface area contributed by atoms with Crippen molar-refractivity contribution in [3.63, 3.8) is 0 Å². The zero-order valence-corrected chi connectivity index (χ0v) is 19.3. The first-order valence-electron chi connectivity index (χ1n) is 12.0. The van der Waals surface area contributed by atoms with Crippen LogP contribution < -0.4 is 10.2 Å². The van der Waals surface area contributed by atoms with Gasteiger partial charge in [-0.2, -0.15) is 0 Å². The van der Waals surface area contributed by atoms with E-state index in [-0.39, 0.29) is 17.7 Å². The van der Waals surface area contributed by atoms with Gasteiger partial charge in [0.05, 0.1) is 5.56 Å². The third-order valence-electron chi connectivity index (χ3n) is 6.73. The molecule has 2 fully saturated rings. The van der Waals surface area contributed by atoms with Gasteiger partial charge in [-0.3, -0.25) is 9.59 Å². The molecule has 0 aromatic heterocycles. The highest BCUT2D eigenvalue weighted by Crippen LogP contribution is 2.31. The molecule has 2 aromatic rings. The SMILES string of the molecule is CC(C)C(=O)Nc1ccc(N2CCC(Cc3ccccc3)CC2)c(C(=O)N2CCCC2)c1. The lowest BCUT2D eigenvalue weighted by atomic mass is 9.89. The predicted octanol–water partition coefficient (Wildman–Crippen LogP) is 4.98. The minimum absolute atomic E-state index is 0.0287. The number of carbonyl (C=O) groups is 2. The van der Waals surface area contributed by atoms with Crippen molar-refractivity contribution in [3.8, 4) is 0 Å². The van der Waals surface area contributed by atoms with E-state index in [1.165, 1.54) is 5.56 Å². The first-order valence-corrected chi connectivity index (χ1v) is 12.0. The molecule has 2 saturated heterocycles. The zero-order chi connectivity index (χ0) is 22.5. The van der Waals surface area contributed by atoms with E-state index in [9.17, 15) is 9.59 Å². The van der Waals surface area contributed by atoms with Crippen LogP contribution in [0.15, 0.2) is 48.5 Å². The van der Waals surface area contributed by atoms with Gasteiger partial charge in [0.25, 0.3) is 5.91 Å². The number of nitrogens with one attached hydrogen (secondary N) is 1. The summed E-state index contributed by atoms with van der Waals surface area (Å²) in [5, 5.41) is 2.96. The first kappa shape index (κ1) is 22.4. The van der Waals surface area contributed by atoms with Gasteiger partial charge in [-0.05, 0) is 61.8 Å². The Kier molecular flexibility index (Phi) is 7.13. The van der Waals surface area contributed by atoms with Gasteiger partial charge in [-0.15, -0.1) is 0 Å². The van der Waals surface area contributed by atoms with E-state index in [4.69, 9.17) is 0 Å². The van der Waals surface area contributed by atoms with Crippen molar-refractivity contribution in [1.29, 1.82) is 0 Å². The molecule has 2 amide bonds. The van der Waals surface area contributed by atoms with E-state index >= 15 is 0 Å². The molecule has 2 aliphatic rings. The molecule has 0 bridgehead atoms. The number of rotatable bonds is 6. The third-order valence-corrected chi connectivity index (χ3v) is 6.73. The van der Waals surface area contributed by atoms with Crippen LogP contribution >= 0.6 is 0 Å². The monoisotopic (exact) mass is 433 g/mol. The Morgan fingerprint density at radius 3 is 2.31 bits per heavy atom. The number of likely N-dealkylation sites (tertiary alicyclic amines) is 1. The van der Waals surface area contributed by atoms with Crippen molar-refractivity contribution in [2.75, 3.05) is 36.4 Å². The molecule has 0 spiro atoms. The Labute approximate surface area is 191 Å². The second kappa shape index (κ2) is 10.2. The Balaban J connectivity index is 1.50. The lowest BCUT2D eigenvalue weighted by Gasteiger charge is -2.35. The Morgan fingerprint density at radius 2 is 1.66 bits per heavy atom. The van der Waals surface area contributed by atoms with Crippen molar-refractivity contribution in [2.24, 2.45) is 11.8 Å². The number of nitrogens with zero attached hydrogens (tertiary/aromatic N) is 2. The van der Waals surface area contributed by atoms with Gasteiger partial charge in [-0.25, -0.2) is 0 Å². The highest BCUT2D eigenvalue weighted by atomic mass is 16.2. The first-order chi connectivity index (χ1) is 15.5. The van der Waals surface area contributed by atoms with Gasteiger partial charge < -0.3 is 15.1 Å². The standard InChI is InChI=1S/C27H35N3O2/c1-20(2)26(31)28-23-10-11-25(24(19-23)27(32)30-14-6-7-15-30)29-16-12-22(13-17-29)18-21-8-4-3-5-9-21/h3-5,8-11,19-20,22H,6-7,12-18H2,1-2H3,(H,28,31). The van der Waals surface area contributed by atoms with Gasteiger partial charge in [-0.1, -0.05) is 44.2 Å². The number of carbonyl (C=O) groups excluding carboxylic acids is 2. The molecule has 1 N–H and O–H groups in total. The molecule has 0 radical (unpaired) electrons. The fourth-order valence-corrected chi connectivity index (χ4v) is 4.76. The van der Waals surface area contributed by atoms with Crippen LogP contribution in [0.4, 0.5) is 11.4 Å². The summed E-state index contributed by atoms with van der Waals surface area (Å²) in [5.74, 6) is 0.635. The highest BCUT2D eigenvalue weighted by Gasteiger charge is 2.27. The maximum Gasteiger partial charge on any atom is 0.256 e. The molecule has 0 unspecified atom stereocenters. The normalized spacial score (nSPS) is 17.1. The van der Waals surface area contributed by atoms with Crippen LogP contribution in [0.3, 0.4) is 0 Å². The van der Waals surface area contributed by atoms with E-state index in [1.807, 2.05) is 36.9 Å². The Hall–Kier alpha value is -2.82. The number of benzene rings is 2. The van der Waals surface area contributed by atoms with Gasteiger partial charge in [0.1, 0.15) is 0 Å². The van der Waals surface area contributed by atoms with E-state index in [1.54, 1.807) is 0 Å². The minimum atomic E-state index is -0.101. The minimum Gasteiger partial charge on any atom is -0.371 e. The smallest absolute Gasteiger partial charge is 0.256 e. The third kappa shape index (κ3) is 5.32. The fourth-order valence-electron chi connectivity index (χ4n) is 4.76. The summed E-state index contributed by atoms with van der Waals surface area (Å²) in [7, 11) is 0. The lowest BCUT2D eigenvalue weighted by Crippen LogP contribution is -2.36. The molecule has 0 saturated carbocycles. The zero-order valence-electron chi connectivity index (χ0n) is 19.3. The molecule has 5 heteroatoms. The van der Waals surface area contributed by atoms with Crippen LogP contribution in [0, 0.1) is 11.8 Å². The molecular weight excluding hydrogens is 398 g/mol. The number of anilines is 2. The predicted molar refractivity (Wildman–Crippen MR) is 130 cm³/mol. The number of hydrogen-bond acceptors (Lipinski definition) is 3. The van der Waals surface area contributed by atoms with E-state index < -0.39 is 0 Å². The topological polar surface area (TPSA) is 52.7 Å². The largest absolute Gasteiger partial charge is 0.371 e. The summed E-state index contributed by atoms with van der Waals surface area (Å²) in [5.41, 5.74) is 3.83. The van der Waals surface area contributed by atoms with Crippen LogP contribution in [-0.4, -0.2) is 42.9 Å². The van der Waals surface area contributed by atoms with Crippen molar-refractivity contribution >= 4 is 23.2 Å². The summed E-state index contributed by atoms with van der Waals surface area (Å²) in [4.78, 5) is 29.9. The summed E-state index contributed by atoms with van der Waals surface area (Å²) >= 11 is 0.